The molecule has 1 aliphatic rings. The fourth-order valence-electron chi connectivity index (χ4n) is 2.26. The number of hydrogen-bond donors (Lipinski definition) is 3. The van der Waals surface area contributed by atoms with E-state index in [2.05, 4.69) is 15.6 Å². The number of nitrogens with one attached hydrogen (secondary N) is 3. The number of hydrogen-bond acceptors (Lipinski definition) is 4. The molecule has 1 aromatic heterocycles. The van der Waals surface area contributed by atoms with Gasteiger partial charge in [-0.05, 0) is 17.7 Å². The van der Waals surface area contributed by atoms with Gasteiger partial charge >= 0.3 is 11.8 Å². The van der Waals surface area contributed by atoms with Crippen LogP contribution in [0.15, 0.2) is 27.4 Å². The van der Waals surface area contributed by atoms with Crippen LogP contribution >= 0.6 is 0 Å². The normalized spacial score (nSPS) is 15.5. The first-order valence-corrected chi connectivity index (χ1v) is 6.57. The first-order chi connectivity index (χ1) is 9.72. The van der Waals surface area contributed by atoms with E-state index in [1.807, 2.05) is 6.07 Å². The number of benzene rings is 1. The minimum atomic E-state index is -0.470. The van der Waals surface area contributed by atoms with Gasteiger partial charge in [-0.2, -0.15) is 0 Å². The number of piperazine rings is 1. The van der Waals surface area contributed by atoms with Crippen LogP contribution in [0.4, 0.5) is 4.79 Å². The van der Waals surface area contributed by atoms with Crippen molar-refractivity contribution in [2.24, 2.45) is 0 Å². The molecule has 0 spiro atoms. The van der Waals surface area contributed by atoms with Crippen LogP contribution in [0, 0.1) is 0 Å². The van der Waals surface area contributed by atoms with Crippen molar-refractivity contribution in [3.8, 4) is 0 Å². The van der Waals surface area contributed by atoms with Gasteiger partial charge in [0.15, 0.2) is 5.58 Å². The summed E-state index contributed by atoms with van der Waals surface area (Å²) >= 11 is 0. The van der Waals surface area contributed by atoms with E-state index < -0.39 is 5.76 Å². The monoisotopic (exact) mass is 276 g/mol. The highest BCUT2D eigenvalue weighted by molar-refractivity contribution is 5.75. The van der Waals surface area contributed by atoms with Crippen LogP contribution in [0.25, 0.3) is 11.1 Å². The molecule has 1 aliphatic heterocycles. The van der Waals surface area contributed by atoms with E-state index >= 15 is 0 Å². The summed E-state index contributed by atoms with van der Waals surface area (Å²) in [6.45, 7) is 3.50. The Balaban J connectivity index is 1.64. The van der Waals surface area contributed by atoms with Crippen molar-refractivity contribution in [2.45, 2.75) is 6.54 Å². The predicted molar refractivity (Wildman–Crippen MR) is 73.5 cm³/mol. The molecule has 2 heterocycles. The molecule has 3 N–H and O–H groups in total. The van der Waals surface area contributed by atoms with E-state index in [0.29, 0.717) is 17.6 Å². The molecule has 2 aromatic rings. The highest BCUT2D eigenvalue weighted by Gasteiger charge is 2.15. The summed E-state index contributed by atoms with van der Waals surface area (Å²) in [5, 5.41) is 6.07. The molecule has 0 saturated carbocycles. The van der Waals surface area contributed by atoms with Crippen LogP contribution in [-0.2, 0) is 6.54 Å². The van der Waals surface area contributed by atoms with Crippen LogP contribution in [0.1, 0.15) is 5.56 Å². The van der Waals surface area contributed by atoms with E-state index in [1.165, 1.54) is 0 Å². The molecular weight excluding hydrogens is 260 g/mol. The summed E-state index contributed by atoms with van der Waals surface area (Å²) in [4.78, 5) is 27.4. The fraction of sp³-hybridized carbons (Fsp3) is 0.385. The lowest BCUT2D eigenvalue weighted by Crippen LogP contribution is -2.50. The van der Waals surface area contributed by atoms with E-state index in [0.717, 1.165) is 31.7 Å². The van der Waals surface area contributed by atoms with Gasteiger partial charge in [-0.25, -0.2) is 9.59 Å². The lowest BCUT2D eigenvalue weighted by Gasteiger charge is -2.27. The van der Waals surface area contributed by atoms with Gasteiger partial charge in [0, 0.05) is 32.7 Å². The molecule has 1 saturated heterocycles. The van der Waals surface area contributed by atoms with Crippen molar-refractivity contribution >= 4 is 17.1 Å². The van der Waals surface area contributed by atoms with Crippen molar-refractivity contribution in [2.75, 3.05) is 26.2 Å². The summed E-state index contributed by atoms with van der Waals surface area (Å²) in [5.41, 5.74) is 2.06. The van der Waals surface area contributed by atoms with Crippen LogP contribution in [0.2, 0.25) is 0 Å². The minimum absolute atomic E-state index is 0.0675. The average Bonchev–Trinajstić information content (AvgIpc) is 2.85. The van der Waals surface area contributed by atoms with Crippen LogP contribution < -0.4 is 16.4 Å². The number of carbonyl (C=O) groups is 1. The number of aromatic nitrogens is 1. The molecule has 2 amide bonds. The number of rotatable bonds is 2. The number of oxazole rings is 1. The first kappa shape index (κ1) is 12.7. The Morgan fingerprint density at radius 3 is 2.95 bits per heavy atom. The van der Waals surface area contributed by atoms with Gasteiger partial charge in [0.1, 0.15) is 0 Å². The summed E-state index contributed by atoms with van der Waals surface area (Å²) in [5.74, 6) is -0.470. The molecule has 7 heteroatoms. The quantitative estimate of drug-likeness (QED) is 0.732. The largest absolute Gasteiger partial charge is 0.417 e. The van der Waals surface area contributed by atoms with Crippen molar-refractivity contribution in [1.29, 1.82) is 0 Å². The topological polar surface area (TPSA) is 90.4 Å². The maximum atomic E-state index is 11.9. The number of urea groups is 1. The zero-order valence-electron chi connectivity index (χ0n) is 10.9. The zero-order valence-corrected chi connectivity index (χ0v) is 10.9. The second-order valence-electron chi connectivity index (χ2n) is 4.74. The van der Waals surface area contributed by atoms with Crippen molar-refractivity contribution in [3.05, 3.63) is 34.3 Å². The lowest BCUT2D eigenvalue weighted by atomic mass is 10.2. The van der Waals surface area contributed by atoms with Gasteiger partial charge in [0.05, 0.1) is 5.52 Å². The number of H-pyrrole nitrogens is 1. The van der Waals surface area contributed by atoms with Gasteiger partial charge in [0.2, 0.25) is 0 Å². The molecule has 0 radical (unpaired) electrons. The van der Waals surface area contributed by atoms with Gasteiger partial charge < -0.3 is 20.0 Å². The highest BCUT2D eigenvalue weighted by atomic mass is 16.4. The molecule has 0 bridgehead atoms. The SMILES string of the molecule is O=C(NCc1ccc2[nH]c(=O)oc2c1)N1CCNCC1. The fourth-order valence-corrected chi connectivity index (χ4v) is 2.26. The first-order valence-electron chi connectivity index (χ1n) is 6.57. The maximum absolute atomic E-state index is 11.9. The number of aromatic amines is 1. The Hall–Kier alpha value is -2.28. The summed E-state index contributed by atoms with van der Waals surface area (Å²) in [7, 11) is 0. The smallest absolute Gasteiger partial charge is 0.408 e. The number of amides is 2. The molecule has 1 fully saturated rings. The second kappa shape index (κ2) is 5.38. The molecular formula is C13H16N4O3. The van der Waals surface area contributed by atoms with E-state index in [-0.39, 0.29) is 6.03 Å². The Labute approximate surface area is 114 Å². The molecule has 0 aliphatic carbocycles. The molecule has 0 atom stereocenters. The highest BCUT2D eigenvalue weighted by Crippen LogP contribution is 2.12. The van der Waals surface area contributed by atoms with Crippen LogP contribution in [-0.4, -0.2) is 42.1 Å². The number of carbonyl (C=O) groups excluding carboxylic acids is 1. The molecule has 106 valence electrons. The molecule has 3 rings (SSSR count). The third kappa shape index (κ3) is 2.67. The Kier molecular flexibility index (Phi) is 3.42. The van der Waals surface area contributed by atoms with Crippen molar-refractivity contribution in [3.63, 3.8) is 0 Å². The van der Waals surface area contributed by atoms with Gasteiger partial charge in [0.25, 0.3) is 0 Å². The molecule has 20 heavy (non-hydrogen) atoms. The number of fused-ring (bicyclic) bond motifs is 1. The molecule has 1 aromatic carbocycles. The van der Waals surface area contributed by atoms with Crippen LogP contribution in [0.5, 0.6) is 0 Å². The lowest BCUT2D eigenvalue weighted by molar-refractivity contribution is 0.190. The average molecular weight is 276 g/mol. The van der Waals surface area contributed by atoms with Crippen molar-refractivity contribution in [1.82, 2.24) is 20.5 Å². The van der Waals surface area contributed by atoms with Gasteiger partial charge in [-0.15, -0.1) is 0 Å². The molecule has 0 unspecified atom stereocenters. The Bertz CT molecular complexity index is 670. The standard InChI is InChI=1S/C13H16N4O3/c18-12(17-5-3-14-4-6-17)15-8-9-1-2-10-11(7-9)20-13(19)16-10/h1-2,7,14H,3-6,8H2,(H,15,18)(H,16,19). The predicted octanol–water partition coefficient (Wildman–Crippen LogP) is 0.236. The zero-order chi connectivity index (χ0) is 13.9. The maximum Gasteiger partial charge on any atom is 0.417 e. The molecule has 7 nitrogen and oxygen atoms in total. The van der Waals surface area contributed by atoms with E-state index in [4.69, 9.17) is 4.42 Å². The van der Waals surface area contributed by atoms with Crippen LogP contribution in [0.3, 0.4) is 0 Å². The third-order valence-corrected chi connectivity index (χ3v) is 3.33. The summed E-state index contributed by atoms with van der Waals surface area (Å²) < 4.78 is 4.99. The van der Waals surface area contributed by atoms with E-state index in [1.54, 1.807) is 17.0 Å². The minimum Gasteiger partial charge on any atom is -0.408 e. The Morgan fingerprint density at radius 2 is 2.15 bits per heavy atom. The second-order valence-corrected chi connectivity index (χ2v) is 4.74. The van der Waals surface area contributed by atoms with Gasteiger partial charge in [-0.3, -0.25) is 4.98 Å². The Morgan fingerprint density at radius 1 is 1.35 bits per heavy atom. The number of nitrogens with zero attached hydrogens (tertiary/aromatic N) is 1. The van der Waals surface area contributed by atoms with E-state index in [9.17, 15) is 9.59 Å². The van der Waals surface area contributed by atoms with Crippen molar-refractivity contribution < 1.29 is 9.21 Å². The third-order valence-electron chi connectivity index (χ3n) is 3.33. The summed E-state index contributed by atoms with van der Waals surface area (Å²) in [6.07, 6.45) is 0. The van der Waals surface area contributed by atoms with Gasteiger partial charge in [-0.1, -0.05) is 6.07 Å². The summed E-state index contributed by atoms with van der Waals surface area (Å²) in [6, 6.07) is 5.31.